The number of piperidine rings is 3. The summed E-state index contributed by atoms with van der Waals surface area (Å²) in [6, 6.07) is 14.9. The topological polar surface area (TPSA) is 78.5 Å². The molecule has 8 heteroatoms. The lowest BCUT2D eigenvalue weighted by Crippen LogP contribution is -2.51. The van der Waals surface area contributed by atoms with E-state index in [1.165, 1.54) is 0 Å². The first-order valence-electron chi connectivity index (χ1n) is 9.59. The van der Waals surface area contributed by atoms with Gasteiger partial charge in [0.05, 0.1) is 12.2 Å². The molecule has 1 amide bonds. The highest BCUT2D eigenvalue weighted by Crippen LogP contribution is 2.33. The van der Waals surface area contributed by atoms with Crippen molar-refractivity contribution in [3.05, 3.63) is 48.5 Å². The summed E-state index contributed by atoms with van der Waals surface area (Å²) in [6.45, 7) is 3.11. The first-order valence-corrected chi connectivity index (χ1v) is 11.5. The maximum atomic E-state index is 12.7. The van der Waals surface area contributed by atoms with Crippen molar-refractivity contribution in [1.82, 2.24) is 4.90 Å². The smallest absolute Gasteiger partial charge is 0.229 e. The zero-order chi connectivity index (χ0) is 19.7. The molecule has 2 aromatic rings. The van der Waals surface area contributed by atoms with Gasteiger partial charge in [-0.05, 0) is 67.2 Å². The number of nitrogens with zero attached hydrogens (tertiary/aromatic N) is 1. The Morgan fingerprint density at radius 1 is 1.00 bits per heavy atom. The van der Waals surface area contributed by atoms with Gasteiger partial charge in [0.25, 0.3) is 0 Å². The van der Waals surface area contributed by atoms with E-state index < -0.39 is 10.0 Å². The first kappa shape index (κ1) is 21.6. The van der Waals surface area contributed by atoms with Crippen molar-refractivity contribution in [1.29, 1.82) is 0 Å². The second-order valence-electron chi connectivity index (χ2n) is 7.77. The molecule has 1 unspecified atom stereocenters. The number of sulfonamides is 1. The first-order chi connectivity index (χ1) is 13.4. The molecule has 0 saturated carbocycles. The standard InChI is InChI=1S/C21H25N3O3S.ClH/c1-28(26,27)23-19-4-2-3-17(13-19)15-5-7-18(8-6-15)22-21(25)20-14-24-11-9-16(20)10-12-24;/h2-8,13,16,20,23H,9-12,14H2,1H3,(H,22,25);1H. The number of halogens is 1. The number of carbonyl (C=O) groups excluding carboxylic acids is 1. The van der Waals surface area contributed by atoms with Crippen LogP contribution in [-0.4, -0.2) is 45.1 Å². The summed E-state index contributed by atoms with van der Waals surface area (Å²) in [7, 11) is -3.31. The molecular weight excluding hydrogens is 410 g/mol. The van der Waals surface area contributed by atoms with Gasteiger partial charge in [-0.3, -0.25) is 9.52 Å². The van der Waals surface area contributed by atoms with Crippen LogP contribution in [0.5, 0.6) is 0 Å². The molecule has 0 radical (unpaired) electrons. The van der Waals surface area contributed by atoms with Gasteiger partial charge in [-0.1, -0.05) is 24.3 Å². The summed E-state index contributed by atoms with van der Waals surface area (Å²) in [5, 5.41) is 3.06. The second-order valence-corrected chi connectivity index (χ2v) is 9.51. The predicted octanol–water partition coefficient (Wildman–Crippen LogP) is 3.43. The zero-order valence-corrected chi connectivity index (χ0v) is 17.9. The number of nitrogens with one attached hydrogen (secondary N) is 2. The number of amides is 1. The van der Waals surface area contributed by atoms with Crippen LogP contribution in [0.4, 0.5) is 11.4 Å². The summed E-state index contributed by atoms with van der Waals surface area (Å²) in [6.07, 6.45) is 3.37. The van der Waals surface area contributed by atoms with Crippen LogP contribution in [0.25, 0.3) is 11.1 Å². The van der Waals surface area contributed by atoms with Crippen molar-refractivity contribution in [3.8, 4) is 11.1 Å². The third-order valence-corrected chi connectivity index (χ3v) is 6.25. The van der Waals surface area contributed by atoms with Crippen LogP contribution in [0.2, 0.25) is 0 Å². The molecule has 29 heavy (non-hydrogen) atoms. The quantitative estimate of drug-likeness (QED) is 0.754. The van der Waals surface area contributed by atoms with Crippen molar-refractivity contribution < 1.29 is 13.2 Å². The fraction of sp³-hybridized carbons (Fsp3) is 0.381. The minimum atomic E-state index is -3.31. The van der Waals surface area contributed by atoms with Gasteiger partial charge in [0.2, 0.25) is 15.9 Å². The number of benzene rings is 2. The van der Waals surface area contributed by atoms with E-state index in [-0.39, 0.29) is 24.2 Å². The van der Waals surface area contributed by atoms with Gasteiger partial charge in [-0.2, -0.15) is 0 Å². The second kappa shape index (κ2) is 8.73. The highest BCUT2D eigenvalue weighted by Gasteiger charge is 2.38. The minimum Gasteiger partial charge on any atom is -0.326 e. The highest BCUT2D eigenvalue weighted by atomic mass is 35.5. The molecule has 2 aromatic carbocycles. The molecule has 3 fully saturated rings. The highest BCUT2D eigenvalue weighted by molar-refractivity contribution is 7.92. The van der Waals surface area contributed by atoms with Crippen LogP contribution in [0.1, 0.15) is 12.8 Å². The third-order valence-electron chi connectivity index (χ3n) is 5.64. The molecule has 0 aliphatic carbocycles. The summed E-state index contributed by atoms with van der Waals surface area (Å²) in [5.41, 5.74) is 3.18. The molecule has 6 nitrogen and oxygen atoms in total. The summed E-state index contributed by atoms with van der Waals surface area (Å²) < 4.78 is 25.3. The van der Waals surface area contributed by atoms with Crippen LogP contribution in [-0.2, 0) is 14.8 Å². The van der Waals surface area contributed by atoms with Crippen LogP contribution in [0.3, 0.4) is 0 Å². The maximum Gasteiger partial charge on any atom is 0.229 e. The third kappa shape index (κ3) is 5.29. The minimum absolute atomic E-state index is 0. The molecule has 0 spiro atoms. The zero-order valence-electron chi connectivity index (χ0n) is 16.3. The van der Waals surface area contributed by atoms with Gasteiger partial charge in [0, 0.05) is 17.9 Å². The van der Waals surface area contributed by atoms with E-state index in [0.717, 1.165) is 55.5 Å². The fourth-order valence-electron chi connectivity index (χ4n) is 4.22. The number of anilines is 2. The van der Waals surface area contributed by atoms with Crippen LogP contribution < -0.4 is 10.0 Å². The van der Waals surface area contributed by atoms with Gasteiger partial charge >= 0.3 is 0 Å². The van der Waals surface area contributed by atoms with Crippen molar-refractivity contribution in [2.24, 2.45) is 11.8 Å². The Kier molecular flexibility index (Phi) is 6.51. The fourth-order valence-corrected chi connectivity index (χ4v) is 4.77. The average Bonchev–Trinajstić information content (AvgIpc) is 2.68. The number of carbonyl (C=O) groups is 1. The van der Waals surface area contributed by atoms with Crippen molar-refractivity contribution in [2.75, 3.05) is 35.9 Å². The summed E-state index contributed by atoms with van der Waals surface area (Å²) in [4.78, 5) is 15.1. The van der Waals surface area contributed by atoms with Crippen LogP contribution in [0, 0.1) is 11.8 Å². The Labute approximate surface area is 178 Å². The van der Waals surface area contributed by atoms with Crippen molar-refractivity contribution >= 4 is 39.7 Å². The number of hydrogen-bond donors (Lipinski definition) is 2. The molecule has 2 bridgehead atoms. The van der Waals surface area contributed by atoms with E-state index in [2.05, 4.69) is 14.9 Å². The number of hydrogen-bond acceptors (Lipinski definition) is 4. The molecule has 156 valence electrons. The predicted molar refractivity (Wildman–Crippen MR) is 119 cm³/mol. The van der Waals surface area contributed by atoms with E-state index in [4.69, 9.17) is 0 Å². The van der Waals surface area contributed by atoms with E-state index in [0.29, 0.717) is 11.6 Å². The maximum absolute atomic E-state index is 12.7. The van der Waals surface area contributed by atoms with Gasteiger partial charge in [0.15, 0.2) is 0 Å². The summed E-state index contributed by atoms with van der Waals surface area (Å²) in [5.74, 6) is 0.705. The summed E-state index contributed by atoms with van der Waals surface area (Å²) >= 11 is 0. The van der Waals surface area contributed by atoms with E-state index in [1.54, 1.807) is 12.1 Å². The Morgan fingerprint density at radius 3 is 2.28 bits per heavy atom. The normalized spacial score (nSPS) is 23.1. The monoisotopic (exact) mass is 435 g/mol. The molecule has 3 aliphatic rings. The van der Waals surface area contributed by atoms with Gasteiger partial charge < -0.3 is 10.2 Å². The van der Waals surface area contributed by atoms with E-state index >= 15 is 0 Å². The van der Waals surface area contributed by atoms with Gasteiger partial charge in [0.1, 0.15) is 0 Å². The lowest BCUT2D eigenvalue weighted by atomic mass is 9.78. The SMILES string of the molecule is CS(=O)(=O)Nc1cccc(-c2ccc(NC(=O)C3CN4CCC3CC4)cc2)c1.Cl. The lowest BCUT2D eigenvalue weighted by molar-refractivity contribution is -0.125. The Morgan fingerprint density at radius 2 is 1.69 bits per heavy atom. The molecule has 3 aliphatic heterocycles. The number of rotatable bonds is 5. The number of fused-ring (bicyclic) bond motifs is 3. The molecule has 3 heterocycles. The van der Waals surface area contributed by atoms with E-state index in [9.17, 15) is 13.2 Å². The molecular formula is C21H26ClN3O3S. The molecule has 0 aromatic heterocycles. The molecule has 1 atom stereocenters. The average molecular weight is 436 g/mol. The molecule has 2 N–H and O–H groups in total. The van der Waals surface area contributed by atoms with E-state index in [1.807, 2.05) is 36.4 Å². The molecule has 3 saturated heterocycles. The van der Waals surface area contributed by atoms with Crippen molar-refractivity contribution in [3.63, 3.8) is 0 Å². The Bertz CT molecular complexity index is 971. The van der Waals surface area contributed by atoms with Crippen molar-refractivity contribution in [2.45, 2.75) is 12.8 Å². The van der Waals surface area contributed by atoms with Gasteiger partial charge in [-0.25, -0.2) is 8.42 Å². The molecule has 5 rings (SSSR count). The lowest BCUT2D eigenvalue weighted by Gasteiger charge is -2.43. The van der Waals surface area contributed by atoms with Crippen LogP contribution in [0.15, 0.2) is 48.5 Å². The van der Waals surface area contributed by atoms with Crippen LogP contribution >= 0.6 is 12.4 Å². The Hall–Kier alpha value is -2.09. The largest absolute Gasteiger partial charge is 0.326 e. The van der Waals surface area contributed by atoms with Gasteiger partial charge in [-0.15, -0.1) is 12.4 Å². The Balaban J connectivity index is 0.00000240.